The van der Waals surface area contributed by atoms with E-state index in [2.05, 4.69) is 15.5 Å². The summed E-state index contributed by atoms with van der Waals surface area (Å²) in [7, 11) is 0. The standard InChI is InChI=1S/C10H20N4O2/c1-3-11-8-9-12-13-10(16-9)14(4-2)6-5-7-15/h11,15H,3-8H2,1-2H3. The van der Waals surface area contributed by atoms with Crippen LogP contribution in [0.15, 0.2) is 4.42 Å². The minimum absolute atomic E-state index is 0.175. The van der Waals surface area contributed by atoms with Crippen molar-refractivity contribution in [2.24, 2.45) is 0 Å². The van der Waals surface area contributed by atoms with Crippen molar-refractivity contribution >= 4 is 6.01 Å². The predicted molar refractivity (Wildman–Crippen MR) is 61.3 cm³/mol. The van der Waals surface area contributed by atoms with E-state index in [0.717, 1.165) is 19.6 Å². The second kappa shape index (κ2) is 7.19. The smallest absolute Gasteiger partial charge is 0.318 e. The molecule has 1 aromatic heterocycles. The van der Waals surface area contributed by atoms with Gasteiger partial charge in [-0.3, -0.25) is 0 Å². The van der Waals surface area contributed by atoms with Crippen LogP contribution in [0.1, 0.15) is 26.2 Å². The average molecular weight is 228 g/mol. The normalized spacial score (nSPS) is 10.7. The molecule has 0 aliphatic rings. The van der Waals surface area contributed by atoms with Crippen LogP contribution in [0.4, 0.5) is 6.01 Å². The molecule has 0 saturated carbocycles. The number of aromatic nitrogens is 2. The quantitative estimate of drug-likeness (QED) is 0.670. The van der Waals surface area contributed by atoms with E-state index in [1.165, 1.54) is 0 Å². The van der Waals surface area contributed by atoms with Crippen LogP contribution in [0.5, 0.6) is 0 Å². The molecule has 0 fully saturated rings. The predicted octanol–water partition coefficient (Wildman–Crippen LogP) is 0.388. The fraction of sp³-hybridized carbons (Fsp3) is 0.800. The highest BCUT2D eigenvalue weighted by molar-refractivity contribution is 5.23. The first-order valence-corrected chi connectivity index (χ1v) is 5.70. The maximum atomic E-state index is 8.78. The van der Waals surface area contributed by atoms with Gasteiger partial charge in [-0.2, -0.15) is 0 Å². The van der Waals surface area contributed by atoms with Gasteiger partial charge in [0.2, 0.25) is 5.89 Å². The van der Waals surface area contributed by atoms with Crippen LogP contribution in [0.3, 0.4) is 0 Å². The number of nitrogens with one attached hydrogen (secondary N) is 1. The van der Waals surface area contributed by atoms with Gasteiger partial charge in [0.25, 0.3) is 0 Å². The van der Waals surface area contributed by atoms with Gasteiger partial charge >= 0.3 is 6.01 Å². The van der Waals surface area contributed by atoms with Crippen LogP contribution in [-0.4, -0.2) is 41.5 Å². The minimum Gasteiger partial charge on any atom is -0.407 e. The first kappa shape index (κ1) is 12.9. The number of aliphatic hydroxyl groups excluding tert-OH is 1. The van der Waals surface area contributed by atoms with Gasteiger partial charge in [0.1, 0.15) is 0 Å². The lowest BCUT2D eigenvalue weighted by Gasteiger charge is -2.16. The summed E-state index contributed by atoms with van der Waals surface area (Å²) >= 11 is 0. The molecule has 6 nitrogen and oxygen atoms in total. The number of rotatable bonds is 8. The van der Waals surface area contributed by atoms with Crippen molar-refractivity contribution in [3.05, 3.63) is 5.89 Å². The number of anilines is 1. The highest BCUT2D eigenvalue weighted by Gasteiger charge is 2.11. The summed E-state index contributed by atoms with van der Waals surface area (Å²) in [6, 6.07) is 0.531. The van der Waals surface area contributed by atoms with Crippen LogP contribution < -0.4 is 10.2 Å². The van der Waals surface area contributed by atoms with Crippen molar-refractivity contribution in [1.82, 2.24) is 15.5 Å². The van der Waals surface area contributed by atoms with Crippen molar-refractivity contribution in [1.29, 1.82) is 0 Å². The molecule has 0 atom stereocenters. The zero-order chi connectivity index (χ0) is 11.8. The molecule has 16 heavy (non-hydrogen) atoms. The Morgan fingerprint density at radius 1 is 1.38 bits per heavy atom. The van der Waals surface area contributed by atoms with Crippen LogP contribution >= 0.6 is 0 Å². The van der Waals surface area contributed by atoms with E-state index < -0.39 is 0 Å². The molecular weight excluding hydrogens is 208 g/mol. The fourth-order valence-corrected chi connectivity index (χ4v) is 1.33. The molecule has 0 aliphatic carbocycles. The zero-order valence-corrected chi connectivity index (χ0v) is 9.94. The second-order valence-corrected chi connectivity index (χ2v) is 3.42. The Kier molecular flexibility index (Phi) is 5.81. The third kappa shape index (κ3) is 3.79. The number of aliphatic hydroxyl groups is 1. The van der Waals surface area contributed by atoms with Crippen molar-refractivity contribution in [2.45, 2.75) is 26.8 Å². The van der Waals surface area contributed by atoms with Gasteiger partial charge in [0, 0.05) is 19.7 Å². The molecule has 1 heterocycles. The summed E-state index contributed by atoms with van der Waals surface area (Å²) in [6.07, 6.45) is 0.707. The molecule has 92 valence electrons. The minimum atomic E-state index is 0.175. The molecule has 0 aromatic carbocycles. The van der Waals surface area contributed by atoms with E-state index in [1.54, 1.807) is 0 Å². The summed E-state index contributed by atoms with van der Waals surface area (Å²) in [5, 5.41) is 19.8. The van der Waals surface area contributed by atoms with E-state index in [0.29, 0.717) is 24.9 Å². The third-order valence-electron chi connectivity index (χ3n) is 2.22. The SMILES string of the molecule is CCNCc1nnc(N(CC)CCCO)o1. The molecule has 0 radical (unpaired) electrons. The fourth-order valence-electron chi connectivity index (χ4n) is 1.33. The molecule has 6 heteroatoms. The third-order valence-corrected chi connectivity index (χ3v) is 2.22. The first-order valence-electron chi connectivity index (χ1n) is 5.70. The summed E-state index contributed by atoms with van der Waals surface area (Å²) in [5.41, 5.74) is 0. The Morgan fingerprint density at radius 3 is 2.81 bits per heavy atom. The Morgan fingerprint density at radius 2 is 2.19 bits per heavy atom. The maximum Gasteiger partial charge on any atom is 0.318 e. The van der Waals surface area contributed by atoms with Gasteiger partial charge in [-0.05, 0) is 19.9 Å². The van der Waals surface area contributed by atoms with E-state index in [4.69, 9.17) is 9.52 Å². The largest absolute Gasteiger partial charge is 0.407 e. The Labute approximate surface area is 95.7 Å². The molecule has 0 bridgehead atoms. The maximum absolute atomic E-state index is 8.78. The summed E-state index contributed by atoms with van der Waals surface area (Å²) in [6.45, 7) is 7.22. The molecule has 0 amide bonds. The van der Waals surface area contributed by atoms with Crippen molar-refractivity contribution in [3.63, 3.8) is 0 Å². The monoisotopic (exact) mass is 228 g/mol. The molecule has 0 aliphatic heterocycles. The Bertz CT molecular complexity index is 290. The Balaban J connectivity index is 2.52. The van der Waals surface area contributed by atoms with E-state index in [1.807, 2.05) is 18.7 Å². The van der Waals surface area contributed by atoms with Gasteiger partial charge in [-0.15, -0.1) is 5.10 Å². The summed E-state index contributed by atoms with van der Waals surface area (Å²) in [4.78, 5) is 1.96. The van der Waals surface area contributed by atoms with Crippen LogP contribution in [0, 0.1) is 0 Å². The molecule has 1 rings (SSSR count). The van der Waals surface area contributed by atoms with Gasteiger partial charge in [-0.25, -0.2) is 0 Å². The Hall–Kier alpha value is -1.14. The number of nitrogens with zero attached hydrogens (tertiary/aromatic N) is 3. The van der Waals surface area contributed by atoms with Gasteiger partial charge in [-0.1, -0.05) is 12.0 Å². The van der Waals surface area contributed by atoms with Gasteiger partial charge < -0.3 is 19.7 Å². The average Bonchev–Trinajstić information content (AvgIpc) is 2.76. The molecule has 2 N–H and O–H groups in total. The van der Waals surface area contributed by atoms with E-state index in [-0.39, 0.29) is 6.61 Å². The number of hydrogen-bond donors (Lipinski definition) is 2. The topological polar surface area (TPSA) is 74.4 Å². The lowest BCUT2D eigenvalue weighted by atomic mass is 10.4. The van der Waals surface area contributed by atoms with Crippen LogP contribution in [0.2, 0.25) is 0 Å². The van der Waals surface area contributed by atoms with Crippen LogP contribution in [0.25, 0.3) is 0 Å². The summed E-state index contributed by atoms with van der Waals surface area (Å²) < 4.78 is 5.50. The molecule has 0 spiro atoms. The van der Waals surface area contributed by atoms with Gasteiger partial charge in [0.05, 0.1) is 6.54 Å². The van der Waals surface area contributed by atoms with Crippen molar-refractivity contribution in [2.75, 3.05) is 31.1 Å². The van der Waals surface area contributed by atoms with Gasteiger partial charge in [0.15, 0.2) is 0 Å². The number of hydrogen-bond acceptors (Lipinski definition) is 6. The lowest BCUT2D eigenvalue weighted by molar-refractivity contribution is 0.288. The van der Waals surface area contributed by atoms with E-state index >= 15 is 0 Å². The van der Waals surface area contributed by atoms with Crippen molar-refractivity contribution < 1.29 is 9.52 Å². The summed E-state index contributed by atoms with van der Waals surface area (Å²) in [5.74, 6) is 0.597. The van der Waals surface area contributed by atoms with Crippen LogP contribution in [-0.2, 0) is 6.54 Å². The molecule has 0 saturated heterocycles. The molecular formula is C10H20N4O2. The van der Waals surface area contributed by atoms with Crippen molar-refractivity contribution in [3.8, 4) is 0 Å². The molecule has 0 unspecified atom stereocenters. The highest BCUT2D eigenvalue weighted by Crippen LogP contribution is 2.11. The molecule has 1 aromatic rings. The second-order valence-electron chi connectivity index (χ2n) is 3.42. The zero-order valence-electron chi connectivity index (χ0n) is 9.94. The highest BCUT2D eigenvalue weighted by atomic mass is 16.4. The lowest BCUT2D eigenvalue weighted by Crippen LogP contribution is -2.24. The van der Waals surface area contributed by atoms with E-state index in [9.17, 15) is 0 Å². The first-order chi connectivity index (χ1) is 7.81.